The molecular formula is C15H24N2. The highest BCUT2D eigenvalue weighted by atomic mass is 15.0. The summed E-state index contributed by atoms with van der Waals surface area (Å²) in [5, 5.41) is 7.06. The van der Waals surface area contributed by atoms with Crippen LogP contribution in [0.2, 0.25) is 0 Å². The van der Waals surface area contributed by atoms with Crippen molar-refractivity contribution < 1.29 is 0 Å². The summed E-state index contributed by atoms with van der Waals surface area (Å²) in [7, 11) is 0. The van der Waals surface area contributed by atoms with E-state index in [4.69, 9.17) is 0 Å². The van der Waals surface area contributed by atoms with Crippen LogP contribution in [-0.4, -0.2) is 19.1 Å². The lowest BCUT2D eigenvalue weighted by molar-refractivity contribution is 0.591. The maximum absolute atomic E-state index is 3.54. The average Bonchev–Trinajstić information content (AvgIpc) is 3.07. The monoisotopic (exact) mass is 232 g/mol. The summed E-state index contributed by atoms with van der Waals surface area (Å²) in [5.74, 6) is 0. The molecule has 2 N–H and O–H groups in total. The largest absolute Gasteiger partial charge is 0.384 e. The quantitative estimate of drug-likeness (QED) is 0.762. The van der Waals surface area contributed by atoms with Crippen molar-refractivity contribution in [3.05, 3.63) is 29.8 Å². The standard InChI is InChI=1S/C15H24N2/c1-15(2,3)13-6-4-5-7-14(13)17-11-10-16-12-8-9-12/h4-7,12,16-17H,8-11H2,1-3H3. The molecule has 17 heavy (non-hydrogen) atoms. The van der Waals surface area contributed by atoms with Crippen LogP contribution < -0.4 is 10.6 Å². The molecule has 0 amide bonds. The molecule has 1 aliphatic rings. The second-order valence-corrected chi connectivity index (χ2v) is 5.95. The Labute approximate surface area is 105 Å². The van der Waals surface area contributed by atoms with Crippen LogP contribution >= 0.6 is 0 Å². The van der Waals surface area contributed by atoms with E-state index in [0.717, 1.165) is 19.1 Å². The summed E-state index contributed by atoms with van der Waals surface area (Å²) in [5.41, 5.74) is 2.87. The topological polar surface area (TPSA) is 24.1 Å². The van der Waals surface area contributed by atoms with Crippen LogP contribution in [0.5, 0.6) is 0 Å². The number of rotatable bonds is 5. The van der Waals surface area contributed by atoms with Crippen molar-refractivity contribution in [2.45, 2.75) is 45.1 Å². The highest BCUT2D eigenvalue weighted by Gasteiger charge is 2.20. The maximum Gasteiger partial charge on any atom is 0.0378 e. The number of hydrogen-bond acceptors (Lipinski definition) is 2. The van der Waals surface area contributed by atoms with Crippen molar-refractivity contribution >= 4 is 5.69 Å². The van der Waals surface area contributed by atoms with Crippen molar-refractivity contribution in [2.75, 3.05) is 18.4 Å². The van der Waals surface area contributed by atoms with Gasteiger partial charge in [-0.25, -0.2) is 0 Å². The third-order valence-electron chi connectivity index (χ3n) is 3.19. The van der Waals surface area contributed by atoms with Gasteiger partial charge in [-0.05, 0) is 29.9 Å². The first-order chi connectivity index (χ1) is 8.07. The Morgan fingerprint density at radius 1 is 1.12 bits per heavy atom. The summed E-state index contributed by atoms with van der Waals surface area (Å²) < 4.78 is 0. The Morgan fingerprint density at radius 3 is 2.47 bits per heavy atom. The molecule has 0 atom stereocenters. The Morgan fingerprint density at radius 2 is 1.82 bits per heavy atom. The van der Waals surface area contributed by atoms with Gasteiger partial charge in [-0.2, -0.15) is 0 Å². The minimum Gasteiger partial charge on any atom is -0.384 e. The molecule has 0 aromatic heterocycles. The first kappa shape index (κ1) is 12.4. The minimum atomic E-state index is 0.202. The van der Waals surface area contributed by atoms with E-state index < -0.39 is 0 Å². The molecule has 2 rings (SSSR count). The SMILES string of the molecule is CC(C)(C)c1ccccc1NCCNC1CC1. The summed E-state index contributed by atoms with van der Waals surface area (Å²) in [4.78, 5) is 0. The number of hydrogen-bond donors (Lipinski definition) is 2. The summed E-state index contributed by atoms with van der Waals surface area (Å²) in [6, 6.07) is 9.42. The van der Waals surface area contributed by atoms with Gasteiger partial charge in [-0.15, -0.1) is 0 Å². The van der Waals surface area contributed by atoms with Crippen LogP contribution in [0.4, 0.5) is 5.69 Å². The number of benzene rings is 1. The lowest BCUT2D eigenvalue weighted by atomic mass is 9.86. The zero-order chi connectivity index (χ0) is 12.3. The van der Waals surface area contributed by atoms with Gasteiger partial charge >= 0.3 is 0 Å². The van der Waals surface area contributed by atoms with E-state index in [0.29, 0.717) is 0 Å². The van der Waals surface area contributed by atoms with E-state index in [9.17, 15) is 0 Å². The summed E-state index contributed by atoms with van der Waals surface area (Å²) in [6.45, 7) is 8.84. The molecule has 2 nitrogen and oxygen atoms in total. The molecule has 1 aliphatic carbocycles. The normalized spacial score (nSPS) is 15.9. The maximum atomic E-state index is 3.54. The van der Waals surface area contributed by atoms with Crippen LogP contribution in [0.3, 0.4) is 0 Å². The zero-order valence-electron chi connectivity index (χ0n) is 11.2. The van der Waals surface area contributed by atoms with E-state index in [1.807, 2.05) is 0 Å². The Bertz CT molecular complexity index is 361. The van der Waals surface area contributed by atoms with E-state index in [-0.39, 0.29) is 5.41 Å². The first-order valence-corrected chi connectivity index (χ1v) is 6.64. The lowest BCUT2D eigenvalue weighted by Crippen LogP contribution is -2.25. The molecule has 1 aromatic carbocycles. The van der Waals surface area contributed by atoms with Gasteiger partial charge < -0.3 is 10.6 Å². The van der Waals surface area contributed by atoms with E-state index >= 15 is 0 Å². The van der Waals surface area contributed by atoms with Crippen molar-refractivity contribution in [1.29, 1.82) is 0 Å². The molecule has 0 radical (unpaired) electrons. The minimum absolute atomic E-state index is 0.202. The smallest absolute Gasteiger partial charge is 0.0378 e. The Hall–Kier alpha value is -1.02. The van der Waals surface area contributed by atoms with Gasteiger partial charge in [0.1, 0.15) is 0 Å². The van der Waals surface area contributed by atoms with Crippen molar-refractivity contribution in [3.63, 3.8) is 0 Å². The number of anilines is 1. The fourth-order valence-electron chi connectivity index (χ4n) is 2.05. The van der Waals surface area contributed by atoms with Crippen LogP contribution in [0, 0.1) is 0 Å². The summed E-state index contributed by atoms with van der Waals surface area (Å²) >= 11 is 0. The molecule has 0 spiro atoms. The van der Waals surface area contributed by atoms with Crippen LogP contribution in [0.15, 0.2) is 24.3 Å². The fourth-order valence-corrected chi connectivity index (χ4v) is 2.05. The predicted molar refractivity (Wildman–Crippen MR) is 74.7 cm³/mol. The van der Waals surface area contributed by atoms with Crippen LogP contribution in [-0.2, 0) is 5.41 Å². The van der Waals surface area contributed by atoms with Crippen molar-refractivity contribution in [2.24, 2.45) is 0 Å². The molecule has 0 heterocycles. The molecule has 0 unspecified atom stereocenters. The average molecular weight is 232 g/mol. The predicted octanol–water partition coefficient (Wildman–Crippen LogP) is 3.15. The highest BCUT2D eigenvalue weighted by Crippen LogP contribution is 2.28. The summed E-state index contributed by atoms with van der Waals surface area (Å²) in [6.07, 6.45) is 2.72. The molecular weight excluding hydrogens is 208 g/mol. The number of para-hydroxylation sites is 1. The van der Waals surface area contributed by atoms with E-state index in [1.165, 1.54) is 24.1 Å². The molecule has 1 fully saturated rings. The van der Waals surface area contributed by atoms with E-state index in [1.54, 1.807) is 0 Å². The first-order valence-electron chi connectivity index (χ1n) is 6.64. The van der Waals surface area contributed by atoms with Gasteiger partial charge in [0.2, 0.25) is 0 Å². The van der Waals surface area contributed by atoms with Crippen LogP contribution in [0.1, 0.15) is 39.2 Å². The Balaban J connectivity index is 1.89. The molecule has 0 aliphatic heterocycles. The lowest BCUT2D eigenvalue weighted by Gasteiger charge is -2.23. The molecule has 1 aromatic rings. The highest BCUT2D eigenvalue weighted by molar-refractivity contribution is 5.54. The van der Waals surface area contributed by atoms with Gasteiger partial charge in [-0.3, -0.25) is 0 Å². The van der Waals surface area contributed by atoms with Gasteiger partial charge in [0, 0.05) is 24.8 Å². The van der Waals surface area contributed by atoms with Crippen molar-refractivity contribution in [3.8, 4) is 0 Å². The fraction of sp³-hybridized carbons (Fsp3) is 0.600. The van der Waals surface area contributed by atoms with E-state index in [2.05, 4.69) is 55.7 Å². The molecule has 0 saturated heterocycles. The second-order valence-electron chi connectivity index (χ2n) is 5.95. The molecule has 1 saturated carbocycles. The second kappa shape index (κ2) is 5.09. The molecule has 0 bridgehead atoms. The third-order valence-corrected chi connectivity index (χ3v) is 3.19. The third kappa shape index (κ3) is 3.74. The van der Waals surface area contributed by atoms with Gasteiger partial charge in [0.05, 0.1) is 0 Å². The molecule has 94 valence electrons. The Kier molecular flexibility index (Phi) is 3.72. The zero-order valence-corrected chi connectivity index (χ0v) is 11.2. The number of nitrogens with one attached hydrogen (secondary N) is 2. The van der Waals surface area contributed by atoms with Crippen LogP contribution in [0.25, 0.3) is 0 Å². The molecule has 2 heteroatoms. The van der Waals surface area contributed by atoms with Crippen molar-refractivity contribution in [1.82, 2.24) is 5.32 Å². The van der Waals surface area contributed by atoms with Gasteiger partial charge in [0.15, 0.2) is 0 Å². The van der Waals surface area contributed by atoms with Gasteiger partial charge in [0.25, 0.3) is 0 Å². The van der Waals surface area contributed by atoms with Gasteiger partial charge in [-0.1, -0.05) is 39.0 Å².